The van der Waals surface area contributed by atoms with Gasteiger partial charge in [-0.2, -0.15) is 0 Å². The smallest absolute Gasteiger partial charge is 0.306 e. The number of esters is 3. The predicted molar refractivity (Wildman–Crippen MR) is 280 cm³/mol. The molecule has 0 aliphatic rings. The zero-order valence-electron chi connectivity index (χ0n) is 44.5. The number of ether oxygens (including phenoxy) is 3. The van der Waals surface area contributed by atoms with Gasteiger partial charge in [0.25, 0.3) is 0 Å². The first-order valence-electron chi connectivity index (χ1n) is 29.4. The van der Waals surface area contributed by atoms with Gasteiger partial charge in [-0.1, -0.05) is 297 Å². The summed E-state index contributed by atoms with van der Waals surface area (Å²) in [4.78, 5) is 38.2. The van der Waals surface area contributed by atoms with E-state index >= 15 is 0 Å². The summed E-state index contributed by atoms with van der Waals surface area (Å²) in [7, 11) is 0. The van der Waals surface area contributed by atoms with Gasteiger partial charge in [0.2, 0.25) is 0 Å². The second kappa shape index (κ2) is 53.4. The monoisotopic (exact) mass is 919 g/mol. The molecule has 0 N–H and O–H groups in total. The van der Waals surface area contributed by atoms with Crippen molar-refractivity contribution in [1.29, 1.82) is 0 Å². The lowest BCUT2D eigenvalue weighted by molar-refractivity contribution is -0.167. The average Bonchev–Trinajstić information content (AvgIpc) is 3.29. The molecule has 0 spiro atoms. The highest BCUT2D eigenvalue weighted by Crippen LogP contribution is 2.18. The maximum Gasteiger partial charge on any atom is 0.306 e. The van der Waals surface area contributed by atoms with Gasteiger partial charge in [0.05, 0.1) is 0 Å². The molecule has 0 aromatic rings. The Morgan fingerprint density at radius 3 is 0.754 bits per heavy atom. The first kappa shape index (κ1) is 63.4. The molecular weight excluding hydrogens is 805 g/mol. The number of carbonyl (C=O) groups is 3. The van der Waals surface area contributed by atoms with E-state index in [0.717, 1.165) is 63.7 Å². The zero-order chi connectivity index (χ0) is 47.4. The van der Waals surface area contributed by atoms with Crippen molar-refractivity contribution in [3.63, 3.8) is 0 Å². The molecule has 0 aliphatic carbocycles. The van der Waals surface area contributed by atoms with Crippen LogP contribution in [0.5, 0.6) is 0 Å². The Hall–Kier alpha value is -1.59. The summed E-state index contributed by atoms with van der Waals surface area (Å²) < 4.78 is 16.9. The van der Waals surface area contributed by atoms with Crippen LogP contribution in [-0.2, 0) is 28.6 Å². The molecule has 6 heteroatoms. The number of rotatable bonds is 54. The Morgan fingerprint density at radius 2 is 0.508 bits per heavy atom. The molecule has 0 aromatic carbocycles. The molecular formula is C59H114O6. The van der Waals surface area contributed by atoms with Gasteiger partial charge in [-0.25, -0.2) is 0 Å². The molecule has 0 fully saturated rings. The van der Waals surface area contributed by atoms with Crippen LogP contribution in [0.25, 0.3) is 0 Å². The second-order valence-corrected chi connectivity index (χ2v) is 20.8. The fourth-order valence-electron chi connectivity index (χ4n) is 9.10. The Morgan fingerprint density at radius 1 is 0.292 bits per heavy atom. The second-order valence-electron chi connectivity index (χ2n) is 20.8. The van der Waals surface area contributed by atoms with Crippen molar-refractivity contribution in [2.75, 3.05) is 13.2 Å². The van der Waals surface area contributed by atoms with E-state index in [9.17, 15) is 14.4 Å². The fourth-order valence-corrected chi connectivity index (χ4v) is 9.10. The molecule has 0 bridgehead atoms. The van der Waals surface area contributed by atoms with Gasteiger partial charge in [-0.3, -0.25) is 14.4 Å². The molecule has 6 nitrogen and oxygen atoms in total. The molecule has 0 aromatic heterocycles. The molecule has 0 saturated heterocycles. The lowest BCUT2D eigenvalue weighted by Gasteiger charge is -2.18. The topological polar surface area (TPSA) is 78.9 Å². The summed E-state index contributed by atoms with van der Waals surface area (Å²) in [5.41, 5.74) is 0. The zero-order valence-corrected chi connectivity index (χ0v) is 44.5. The molecule has 1 atom stereocenters. The summed E-state index contributed by atoms with van der Waals surface area (Å²) in [6, 6.07) is 0. The van der Waals surface area contributed by atoms with Gasteiger partial charge in [-0.15, -0.1) is 0 Å². The normalized spacial score (nSPS) is 12.0. The van der Waals surface area contributed by atoms with E-state index in [0.29, 0.717) is 19.3 Å². The minimum Gasteiger partial charge on any atom is -0.462 e. The van der Waals surface area contributed by atoms with Gasteiger partial charge in [0, 0.05) is 19.3 Å². The third-order valence-electron chi connectivity index (χ3n) is 13.5. The van der Waals surface area contributed by atoms with Gasteiger partial charge < -0.3 is 14.2 Å². The third-order valence-corrected chi connectivity index (χ3v) is 13.5. The Kier molecular flexibility index (Phi) is 52.1. The molecule has 0 rings (SSSR count). The van der Waals surface area contributed by atoms with Gasteiger partial charge in [0.1, 0.15) is 13.2 Å². The van der Waals surface area contributed by atoms with Crippen LogP contribution < -0.4 is 0 Å². The highest BCUT2D eigenvalue weighted by Gasteiger charge is 2.19. The lowest BCUT2D eigenvalue weighted by atomic mass is 10.0. The Bertz CT molecular complexity index is 980. The molecule has 0 unspecified atom stereocenters. The molecule has 0 saturated carbocycles. The highest BCUT2D eigenvalue weighted by molar-refractivity contribution is 5.71. The maximum absolute atomic E-state index is 12.9. The van der Waals surface area contributed by atoms with E-state index in [4.69, 9.17) is 14.2 Å². The number of hydrogen-bond acceptors (Lipinski definition) is 6. The lowest BCUT2D eigenvalue weighted by Crippen LogP contribution is -2.30. The summed E-state index contributed by atoms with van der Waals surface area (Å²) in [6.45, 7) is 9.06. The van der Waals surface area contributed by atoms with Gasteiger partial charge in [-0.05, 0) is 25.2 Å². The molecule has 65 heavy (non-hydrogen) atoms. The van der Waals surface area contributed by atoms with E-state index in [1.165, 1.54) is 231 Å². The van der Waals surface area contributed by atoms with E-state index in [1.807, 2.05) is 0 Å². The summed E-state index contributed by atoms with van der Waals surface area (Å²) >= 11 is 0. The molecule has 0 amide bonds. The van der Waals surface area contributed by atoms with Crippen LogP contribution in [0.3, 0.4) is 0 Å². The van der Waals surface area contributed by atoms with Crippen LogP contribution >= 0.6 is 0 Å². The molecule has 386 valence electrons. The average molecular weight is 920 g/mol. The van der Waals surface area contributed by atoms with Gasteiger partial charge in [0.15, 0.2) is 6.10 Å². The summed E-state index contributed by atoms with van der Waals surface area (Å²) in [6.07, 6.45) is 58.1. The molecule has 0 aliphatic heterocycles. The van der Waals surface area contributed by atoms with E-state index in [2.05, 4.69) is 27.7 Å². The van der Waals surface area contributed by atoms with Crippen LogP contribution in [0.15, 0.2) is 0 Å². The molecule has 0 radical (unpaired) electrons. The van der Waals surface area contributed by atoms with Crippen molar-refractivity contribution in [1.82, 2.24) is 0 Å². The van der Waals surface area contributed by atoms with Crippen LogP contribution in [0.2, 0.25) is 0 Å². The summed E-state index contributed by atoms with van der Waals surface area (Å²) in [5.74, 6) is -0.00748. The van der Waals surface area contributed by atoms with Crippen LogP contribution in [0.1, 0.15) is 336 Å². The highest BCUT2D eigenvalue weighted by atomic mass is 16.6. The maximum atomic E-state index is 12.9. The van der Waals surface area contributed by atoms with E-state index < -0.39 is 6.10 Å². The fraction of sp³-hybridized carbons (Fsp3) is 0.949. The van der Waals surface area contributed by atoms with Crippen molar-refractivity contribution in [3.05, 3.63) is 0 Å². The first-order valence-corrected chi connectivity index (χ1v) is 29.4. The Labute approximate surface area is 406 Å². The van der Waals surface area contributed by atoms with E-state index in [1.54, 1.807) is 0 Å². The third kappa shape index (κ3) is 53.2. The predicted octanol–water partition coefficient (Wildman–Crippen LogP) is 19.4. The minimum absolute atomic E-state index is 0.0618. The van der Waals surface area contributed by atoms with Crippen molar-refractivity contribution >= 4 is 17.9 Å². The van der Waals surface area contributed by atoms with E-state index in [-0.39, 0.29) is 31.1 Å². The van der Waals surface area contributed by atoms with Crippen molar-refractivity contribution < 1.29 is 28.6 Å². The first-order chi connectivity index (χ1) is 31.9. The SMILES string of the molecule is CCCCCCCCCCCCCCCCCCCC(=O)OC[C@H](COC(=O)CCCCCCCCCCCCCC(C)C)OC(=O)CCCCCCCCCCCCCCCCCC. The van der Waals surface area contributed by atoms with Crippen LogP contribution in [-0.4, -0.2) is 37.2 Å². The van der Waals surface area contributed by atoms with Crippen molar-refractivity contribution in [2.24, 2.45) is 5.92 Å². The van der Waals surface area contributed by atoms with Crippen molar-refractivity contribution in [3.8, 4) is 0 Å². The largest absolute Gasteiger partial charge is 0.462 e. The van der Waals surface area contributed by atoms with Crippen LogP contribution in [0, 0.1) is 5.92 Å². The molecule has 0 heterocycles. The van der Waals surface area contributed by atoms with Crippen molar-refractivity contribution in [2.45, 2.75) is 342 Å². The number of hydrogen-bond donors (Lipinski definition) is 0. The quantitative estimate of drug-likeness (QED) is 0.0344. The van der Waals surface area contributed by atoms with Crippen LogP contribution in [0.4, 0.5) is 0 Å². The number of carbonyl (C=O) groups excluding carboxylic acids is 3. The number of unbranched alkanes of at least 4 members (excludes halogenated alkanes) is 41. The van der Waals surface area contributed by atoms with Gasteiger partial charge >= 0.3 is 17.9 Å². The summed E-state index contributed by atoms with van der Waals surface area (Å²) in [5, 5.41) is 0. The minimum atomic E-state index is -0.762. The standard InChI is InChI=1S/C59H114O6/c1-5-7-9-11-13-15-17-19-21-23-25-26-30-34-38-42-46-50-57(60)63-53-56(54-64-58(61)51-47-43-39-35-32-28-29-33-37-41-45-49-55(3)4)65-59(62)52-48-44-40-36-31-27-24-22-20-18-16-14-12-10-8-6-2/h55-56H,5-54H2,1-4H3/t56-/m1/s1. The Balaban J connectivity index is 4.29.